The summed E-state index contributed by atoms with van der Waals surface area (Å²) in [4.78, 5) is 0. The highest BCUT2D eigenvalue weighted by atomic mass is 19.4. The molecule has 3 rings (SSSR count). The van der Waals surface area contributed by atoms with Crippen LogP contribution < -0.4 is 5.32 Å². The van der Waals surface area contributed by atoms with Gasteiger partial charge in [0, 0.05) is 5.56 Å². The van der Waals surface area contributed by atoms with Crippen LogP contribution in [0.3, 0.4) is 0 Å². The number of nitrogens with one attached hydrogen (secondary N) is 2. The second-order valence-electron chi connectivity index (χ2n) is 4.43. The maximum absolute atomic E-state index is 12.7. The van der Waals surface area contributed by atoms with Crippen molar-refractivity contribution in [3.8, 4) is 11.3 Å². The number of tetrazole rings is 1. The molecule has 0 atom stereocenters. The minimum Gasteiger partial charge on any atom is -0.459 e. The van der Waals surface area contributed by atoms with E-state index in [1.165, 1.54) is 6.07 Å². The first-order valence-electron chi connectivity index (χ1n) is 6.26. The van der Waals surface area contributed by atoms with Crippen LogP contribution in [0.2, 0.25) is 0 Å². The van der Waals surface area contributed by atoms with Crippen molar-refractivity contribution in [1.29, 1.82) is 0 Å². The molecular weight excluding hydrogens is 299 g/mol. The fourth-order valence-electron chi connectivity index (χ4n) is 1.88. The van der Waals surface area contributed by atoms with Crippen LogP contribution in [-0.2, 0) is 12.7 Å². The van der Waals surface area contributed by atoms with E-state index in [1.807, 2.05) is 0 Å². The Morgan fingerprint density at radius 1 is 1.18 bits per heavy atom. The summed E-state index contributed by atoms with van der Waals surface area (Å²) in [5, 5.41) is 15.9. The van der Waals surface area contributed by atoms with E-state index in [0.29, 0.717) is 29.6 Å². The van der Waals surface area contributed by atoms with Crippen LogP contribution in [0.15, 0.2) is 40.8 Å². The largest absolute Gasteiger partial charge is 0.459 e. The SMILES string of the molecule is FC(F)(F)c1cccc(-c2ccc(CNc3nn[nH]n3)o2)c1. The van der Waals surface area contributed by atoms with Crippen molar-refractivity contribution >= 4 is 5.95 Å². The van der Waals surface area contributed by atoms with E-state index in [0.717, 1.165) is 12.1 Å². The van der Waals surface area contributed by atoms with Crippen molar-refractivity contribution in [2.24, 2.45) is 0 Å². The first kappa shape index (κ1) is 14.1. The highest BCUT2D eigenvalue weighted by Crippen LogP contribution is 2.32. The zero-order valence-electron chi connectivity index (χ0n) is 11.1. The highest BCUT2D eigenvalue weighted by Gasteiger charge is 2.30. The summed E-state index contributed by atoms with van der Waals surface area (Å²) in [6.07, 6.45) is -4.38. The number of hydrogen-bond acceptors (Lipinski definition) is 5. The molecule has 22 heavy (non-hydrogen) atoms. The molecule has 0 bridgehead atoms. The first-order valence-corrected chi connectivity index (χ1v) is 6.26. The molecule has 1 aromatic carbocycles. The number of alkyl halides is 3. The minimum atomic E-state index is -4.38. The fourth-order valence-corrected chi connectivity index (χ4v) is 1.88. The van der Waals surface area contributed by atoms with Crippen LogP contribution in [0.4, 0.5) is 19.1 Å². The van der Waals surface area contributed by atoms with Gasteiger partial charge in [0.2, 0.25) is 0 Å². The average molecular weight is 309 g/mol. The number of H-pyrrole nitrogens is 1. The number of aromatic nitrogens is 4. The zero-order valence-corrected chi connectivity index (χ0v) is 11.1. The number of nitrogens with zero attached hydrogens (tertiary/aromatic N) is 3. The van der Waals surface area contributed by atoms with Gasteiger partial charge in [0.05, 0.1) is 12.1 Å². The summed E-state index contributed by atoms with van der Waals surface area (Å²) in [6, 6.07) is 8.26. The Hall–Kier alpha value is -2.84. The fraction of sp³-hybridized carbons (Fsp3) is 0.154. The van der Waals surface area contributed by atoms with Crippen LogP contribution in [0.1, 0.15) is 11.3 Å². The van der Waals surface area contributed by atoms with Gasteiger partial charge in [-0.2, -0.15) is 18.4 Å². The number of anilines is 1. The van der Waals surface area contributed by atoms with E-state index in [4.69, 9.17) is 4.42 Å². The van der Waals surface area contributed by atoms with Crippen molar-refractivity contribution in [2.45, 2.75) is 12.7 Å². The Kier molecular flexibility index (Phi) is 3.53. The molecule has 0 aliphatic heterocycles. The molecule has 2 aromatic heterocycles. The van der Waals surface area contributed by atoms with E-state index in [2.05, 4.69) is 25.9 Å². The van der Waals surface area contributed by atoms with Gasteiger partial charge in [-0.15, -0.1) is 5.10 Å². The van der Waals surface area contributed by atoms with Gasteiger partial charge >= 0.3 is 6.18 Å². The Labute approximate surface area is 122 Å². The zero-order chi connectivity index (χ0) is 15.6. The molecule has 0 saturated heterocycles. The lowest BCUT2D eigenvalue weighted by Gasteiger charge is -2.07. The number of benzene rings is 1. The van der Waals surface area contributed by atoms with Crippen LogP contribution in [0.25, 0.3) is 11.3 Å². The quantitative estimate of drug-likeness (QED) is 0.774. The number of aromatic amines is 1. The predicted molar refractivity (Wildman–Crippen MR) is 70.7 cm³/mol. The summed E-state index contributed by atoms with van der Waals surface area (Å²) in [5.41, 5.74) is -0.353. The molecule has 3 aromatic rings. The summed E-state index contributed by atoms with van der Waals surface area (Å²) in [5.74, 6) is 1.20. The third-order valence-electron chi connectivity index (χ3n) is 2.90. The summed E-state index contributed by atoms with van der Waals surface area (Å²) < 4.78 is 43.6. The normalized spacial score (nSPS) is 11.6. The second-order valence-corrected chi connectivity index (χ2v) is 4.43. The molecule has 0 saturated carbocycles. The smallest absolute Gasteiger partial charge is 0.416 e. The van der Waals surface area contributed by atoms with Gasteiger partial charge < -0.3 is 9.73 Å². The Bertz CT molecular complexity index is 751. The standard InChI is InChI=1S/C13H10F3N5O/c14-13(15,16)9-3-1-2-8(6-9)11-5-4-10(22-11)7-17-12-18-20-21-19-12/h1-6H,7H2,(H2,17,18,19,20,21). The van der Waals surface area contributed by atoms with Gasteiger partial charge in [0.15, 0.2) is 0 Å². The molecule has 0 spiro atoms. The highest BCUT2D eigenvalue weighted by molar-refractivity contribution is 5.59. The van der Waals surface area contributed by atoms with E-state index in [9.17, 15) is 13.2 Å². The number of rotatable bonds is 4. The Morgan fingerprint density at radius 2 is 2.05 bits per heavy atom. The van der Waals surface area contributed by atoms with E-state index < -0.39 is 11.7 Å². The molecule has 2 heterocycles. The van der Waals surface area contributed by atoms with E-state index in [-0.39, 0.29) is 0 Å². The molecule has 0 fully saturated rings. The molecular formula is C13H10F3N5O. The van der Waals surface area contributed by atoms with Crippen molar-refractivity contribution in [2.75, 3.05) is 5.32 Å². The monoisotopic (exact) mass is 309 g/mol. The number of furan rings is 1. The first-order chi connectivity index (χ1) is 10.5. The van der Waals surface area contributed by atoms with Crippen LogP contribution in [-0.4, -0.2) is 20.6 Å². The van der Waals surface area contributed by atoms with Gasteiger partial charge in [-0.05, 0) is 29.5 Å². The average Bonchev–Trinajstić information content (AvgIpc) is 3.16. The lowest BCUT2D eigenvalue weighted by atomic mass is 10.1. The molecule has 2 N–H and O–H groups in total. The molecule has 0 amide bonds. The summed E-state index contributed by atoms with van der Waals surface area (Å²) in [7, 11) is 0. The molecule has 0 radical (unpaired) electrons. The summed E-state index contributed by atoms with van der Waals surface area (Å²) >= 11 is 0. The van der Waals surface area contributed by atoms with Crippen LogP contribution >= 0.6 is 0 Å². The van der Waals surface area contributed by atoms with E-state index >= 15 is 0 Å². The van der Waals surface area contributed by atoms with Gasteiger partial charge in [-0.1, -0.05) is 17.2 Å². The molecule has 9 heteroatoms. The van der Waals surface area contributed by atoms with Crippen molar-refractivity contribution < 1.29 is 17.6 Å². The maximum atomic E-state index is 12.7. The topological polar surface area (TPSA) is 79.6 Å². The van der Waals surface area contributed by atoms with Crippen molar-refractivity contribution in [3.63, 3.8) is 0 Å². The second kappa shape index (κ2) is 5.51. The molecule has 6 nitrogen and oxygen atoms in total. The lowest BCUT2D eigenvalue weighted by molar-refractivity contribution is -0.137. The van der Waals surface area contributed by atoms with Crippen molar-refractivity contribution in [1.82, 2.24) is 20.6 Å². The van der Waals surface area contributed by atoms with Crippen LogP contribution in [0.5, 0.6) is 0 Å². The number of hydrogen-bond donors (Lipinski definition) is 2. The van der Waals surface area contributed by atoms with Gasteiger partial charge in [0.25, 0.3) is 5.95 Å². The molecule has 0 aliphatic rings. The predicted octanol–water partition coefficient (Wildman–Crippen LogP) is 3.09. The number of halogens is 3. The van der Waals surface area contributed by atoms with Gasteiger partial charge in [0.1, 0.15) is 11.5 Å². The minimum absolute atomic E-state index is 0.290. The van der Waals surface area contributed by atoms with Gasteiger partial charge in [-0.25, -0.2) is 0 Å². The van der Waals surface area contributed by atoms with Gasteiger partial charge in [-0.3, -0.25) is 0 Å². The molecule has 0 unspecified atom stereocenters. The Morgan fingerprint density at radius 3 is 2.77 bits per heavy atom. The lowest BCUT2D eigenvalue weighted by Crippen LogP contribution is -2.04. The third-order valence-corrected chi connectivity index (χ3v) is 2.90. The molecule has 114 valence electrons. The van der Waals surface area contributed by atoms with E-state index in [1.54, 1.807) is 18.2 Å². The summed E-state index contributed by atoms with van der Waals surface area (Å²) in [6.45, 7) is 0.290. The Balaban J connectivity index is 1.76. The van der Waals surface area contributed by atoms with Crippen LogP contribution in [0, 0.1) is 0 Å². The third kappa shape index (κ3) is 3.08. The van der Waals surface area contributed by atoms with Crippen molar-refractivity contribution in [3.05, 3.63) is 47.7 Å². The molecule has 0 aliphatic carbocycles. The maximum Gasteiger partial charge on any atom is 0.416 e.